The number of carbonyl (C=O) groups excluding carboxylic acids is 1. The number of hydrogen-bond donors (Lipinski definition) is 1. The van der Waals surface area contributed by atoms with Crippen molar-refractivity contribution in [1.29, 1.82) is 0 Å². The highest BCUT2D eigenvalue weighted by Crippen LogP contribution is 2.18. The van der Waals surface area contributed by atoms with E-state index in [1.54, 1.807) is 6.08 Å². The maximum Gasteiger partial charge on any atom is 0.246 e. The molecule has 0 aliphatic carbocycles. The lowest BCUT2D eigenvalue weighted by molar-refractivity contribution is -0.127. The minimum atomic E-state index is 0.0507. The predicted molar refractivity (Wildman–Crippen MR) is 111 cm³/mol. The van der Waals surface area contributed by atoms with E-state index in [1.165, 1.54) is 0 Å². The predicted octanol–water partition coefficient (Wildman–Crippen LogP) is 2.57. The first-order valence-electron chi connectivity index (χ1n) is 9.44. The molecule has 142 valence electrons. The molecule has 1 aliphatic heterocycles. The Hall–Kier alpha value is -3.25. The minimum Gasteiger partial charge on any atom is -0.383 e. The number of para-hydroxylation sites is 1. The second kappa shape index (κ2) is 8.19. The Bertz CT molecular complexity index is 994. The number of hydrogen-bond acceptors (Lipinski definition) is 5. The first-order valence-corrected chi connectivity index (χ1v) is 9.44. The number of benzene rings is 2. The monoisotopic (exact) mass is 373 g/mol. The van der Waals surface area contributed by atoms with Gasteiger partial charge >= 0.3 is 0 Å². The molecule has 0 saturated carbocycles. The third-order valence-electron chi connectivity index (χ3n) is 4.95. The number of nitrogens with zero attached hydrogens (tertiary/aromatic N) is 4. The molecule has 2 heterocycles. The van der Waals surface area contributed by atoms with Crippen molar-refractivity contribution in [3.63, 3.8) is 0 Å². The zero-order valence-corrected chi connectivity index (χ0v) is 15.7. The van der Waals surface area contributed by atoms with Crippen LogP contribution in [0.15, 0.2) is 60.7 Å². The van der Waals surface area contributed by atoms with Crippen molar-refractivity contribution < 1.29 is 4.79 Å². The molecule has 1 amide bonds. The molecule has 2 N–H and O–H groups in total. The van der Waals surface area contributed by atoms with E-state index in [0.717, 1.165) is 35.4 Å². The molecule has 1 aromatic heterocycles. The average molecular weight is 373 g/mol. The summed E-state index contributed by atoms with van der Waals surface area (Å²) >= 11 is 0. The van der Waals surface area contributed by atoms with E-state index in [0.29, 0.717) is 25.5 Å². The minimum absolute atomic E-state index is 0.0507. The van der Waals surface area contributed by atoms with Gasteiger partial charge in [0.15, 0.2) is 0 Å². The zero-order chi connectivity index (χ0) is 19.3. The van der Waals surface area contributed by atoms with E-state index < -0.39 is 0 Å². The highest BCUT2D eigenvalue weighted by atomic mass is 16.2. The highest BCUT2D eigenvalue weighted by Gasteiger charge is 2.20. The number of anilines is 1. The largest absolute Gasteiger partial charge is 0.383 e. The van der Waals surface area contributed by atoms with Crippen molar-refractivity contribution in [3.05, 3.63) is 72.1 Å². The SMILES string of the molecule is Nc1nc(CN2CCN(C(=O)/C=C/c3ccccc3)CC2)nc2ccccc12. The molecule has 4 rings (SSSR count). The third kappa shape index (κ3) is 4.18. The molecule has 0 atom stereocenters. The molecule has 1 aliphatic rings. The molecular formula is C22H23N5O. The summed E-state index contributed by atoms with van der Waals surface area (Å²) in [4.78, 5) is 25.6. The number of fused-ring (bicyclic) bond motifs is 1. The van der Waals surface area contributed by atoms with Gasteiger partial charge in [0.2, 0.25) is 5.91 Å². The Morgan fingerprint density at radius 3 is 2.46 bits per heavy atom. The van der Waals surface area contributed by atoms with Gasteiger partial charge < -0.3 is 10.6 Å². The lowest BCUT2D eigenvalue weighted by atomic mass is 10.2. The molecule has 0 unspecified atom stereocenters. The number of nitrogen functional groups attached to an aromatic ring is 1. The highest BCUT2D eigenvalue weighted by molar-refractivity contribution is 5.91. The van der Waals surface area contributed by atoms with Crippen LogP contribution in [0.5, 0.6) is 0 Å². The molecule has 1 fully saturated rings. The van der Waals surface area contributed by atoms with Gasteiger partial charge in [-0.3, -0.25) is 9.69 Å². The summed E-state index contributed by atoms with van der Waals surface area (Å²) in [5.41, 5.74) is 7.97. The van der Waals surface area contributed by atoms with Crippen molar-refractivity contribution in [1.82, 2.24) is 19.8 Å². The fourth-order valence-electron chi connectivity index (χ4n) is 3.39. The van der Waals surface area contributed by atoms with Gasteiger partial charge in [0.1, 0.15) is 11.6 Å². The Morgan fingerprint density at radius 1 is 0.964 bits per heavy atom. The smallest absolute Gasteiger partial charge is 0.246 e. The second-order valence-corrected chi connectivity index (χ2v) is 6.89. The molecule has 6 nitrogen and oxygen atoms in total. The molecule has 1 saturated heterocycles. The van der Waals surface area contributed by atoms with Crippen LogP contribution in [0.1, 0.15) is 11.4 Å². The van der Waals surface area contributed by atoms with Crippen LogP contribution in [-0.2, 0) is 11.3 Å². The van der Waals surface area contributed by atoms with Crippen LogP contribution in [0, 0.1) is 0 Å². The lowest BCUT2D eigenvalue weighted by Crippen LogP contribution is -2.48. The number of carbonyl (C=O) groups is 1. The molecule has 3 aromatic rings. The van der Waals surface area contributed by atoms with E-state index >= 15 is 0 Å². The maximum atomic E-state index is 12.4. The van der Waals surface area contributed by atoms with Crippen LogP contribution in [0.2, 0.25) is 0 Å². The fourth-order valence-corrected chi connectivity index (χ4v) is 3.39. The van der Waals surface area contributed by atoms with Crippen molar-refractivity contribution in [3.8, 4) is 0 Å². The quantitative estimate of drug-likeness (QED) is 0.712. The summed E-state index contributed by atoms with van der Waals surface area (Å²) in [6.45, 7) is 3.61. The topological polar surface area (TPSA) is 75.3 Å². The Morgan fingerprint density at radius 2 is 1.68 bits per heavy atom. The van der Waals surface area contributed by atoms with Gasteiger partial charge in [-0.05, 0) is 23.8 Å². The van der Waals surface area contributed by atoms with Gasteiger partial charge in [-0.1, -0.05) is 42.5 Å². The Labute approximate surface area is 164 Å². The molecule has 0 bridgehead atoms. The van der Waals surface area contributed by atoms with Crippen molar-refractivity contribution in [2.75, 3.05) is 31.9 Å². The number of piperazine rings is 1. The van der Waals surface area contributed by atoms with Crippen LogP contribution in [-0.4, -0.2) is 51.9 Å². The van der Waals surface area contributed by atoms with Crippen molar-refractivity contribution in [2.24, 2.45) is 0 Å². The van der Waals surface area contributed by atoms with Crippen molar-refractivity contribution in [2.45, 2.75) is 6.54 Å². The number of aromatic nitrogens is 2. The van der Waals surface area contributed by atoms with Gasteiger partial charge in [0.25, 0.3) is 0 Å². The van der Waals surface area contributed by atoms with E-state index in [-0.39, 0.29) is 5.91 Å². The second-order valence-electron chi connectivity index (χ2n) is 6.89. The summed E-state index contributed by atoms with van der Waals surface area (Å²) in [6.07, 6.45) is 3.51. The summed E-state index contributed by atoms with van der Waals surface area (Å²) < 4.78 is 0. The first-order chi connectivity index (χ1) is 13.7. The van der Waals surface area contributed by atoms with Gasteiger partial charge in [0.05, 0.1) is 12.1 Å². The van der Waals surface area contributed by atoms with Gasteiger partial charge in [-0.15, -0.1) is 0 Å². The van der Waals surface area contributed by atoms with Crippen LogP contribution in [0.4, 0.5) is 5.82 Å². The normalized spacial score (nSPS) is 15.4. The van der Waals surface area contributed by atoms with Gasteiger partial charge in [-0.2, -0.15) is 0 Å². The third-order valence-corrected chi connectivity index (χ3v) is 4.95. The maximum absolute atomic E-state index is 12.4. The number of amides is 1. The molecular weight excluding hydrogens is 350 g/mol. The summed E-state index contributed by atoms with van der Waals surface area (Å²) in [6, 6.07) is 17.6. The molecule has 28 heavy (non-hydrogen) atoms. The molecule has 2 aromatic carbocycles. The fraction of sp³-hybridized carbons (Fsp3) is 0.227. The zero-order valence-electron chi connectivity index (χ0n) is 15.7. The molecule has 0 spiro atoms. The Balaban J connectivity index is 1.34. The lowest BCUT2D eigenvalue weighted by Gasteiger charge is -2.33. The van der Waals surface area contributed by atoms with E-state index in [9.17, 15) is 4.79 Å². The van der Waals surface area contributed by atoms with E-state index in [4.69, 9.17) is 5.73 Å². The number of nitrogens with two attached hydrogens (primary N) is 1. The number of rotatable bonds is 4. The first kappa shape index (κ1) is 18.1. The Kier molecular flexibility index (Phi) is 5.30. The molecule has 6 heteroatoms. The van der Waals surface area contributed by atoms with Crippen LogP contribution < -0.4 is 5.73 Å². The van der Waals surface area contributed by atoms with E-state index in [2.05, 4.69) is 14.9 Å². The summed E-state index contributed by atoms with van der Waals surface area (Å²) in [5, 5.41) is 0.881. The summed E-state index contributed by atoms with van der Waals surface area (Å²) in [5.74, 6) is 1.29. The van der Waals surface area contributed by atoms with Gasteiger partial charge in [-0.25, -0.2) is 9.97 Å². The summed E-state index contributed by atoms with van der Waals surface area (Å²) in [7, 11) is 0. The van der Waals surface area contributed by atoms with Crippen LogP contribution in [0.3, 0.4) is 0 Å². The molecule has 0 radical (unpaired) electrons. The average Bonchev–Trinajstić information content (AvgIpc) is 2.73. The standard InChI is InChI=1S/C22H23N5O/c23-22-18-8-4-5-9-19(18)24-20(25-22)16-26-12-14-27(15-13-26)21(28)11-10-17-6-2-1-3-7-17/h1-11H,12-16H2,(H2,23,24,25)/b11-10+. The van der Waals surface area contributed by atoms with E-state index in [1.807, 2.05) is 65.6 Å². The van der Waals surface area contributed by atoms with Crippen molar-refractivity contribution >= 4 is 28.7 Å². The van der Waals surface area contributed by atoms with Crippen LogP contribution in [0.25, 0.3) is 17.0 Å². The van der Waals surface area contributed by atoms with Gasteiger partial charge in [0, 0.05) is 37.6 Å². The van der Waals surface area contributed by atoms with Crippen LogP contribution >= 0.6 is 0 Å².